The molecule has 0 aliphatic heterocycles. The Morgan fingerprint density at radius 2 is 2.14 bits per heavy atom. The summed E-state index contributed by atoms with van der Waals surface area (Å²) >= 11 is 2.32. The molecule has 1 rings (SSSR count). The van der Waals surface area contributed by atoms with Gasteiger partial charge in [0, 0.05) is 10.2 Å². The molecule has 0 saturated heterocycles. The van der Waals surface area contributed by atoms with Crippen molar-refractivity contribution in [1.82, 2.24) is 0 Å². The maximum atomic E-state index is 8.77. The Morgan fingerprint density at radius 1 is 1.43 bits per heavy atom. The molecule has 0 fully saturated rings. The summed E-state index contributed by atoms with van der Waals surface area (Å²) in [4.78, 5) is 0. The smallest absolute Gasteiger partial charge is 0.122 e. The van der Waals surface area contributed by atoms with E-state index in [1.165, 1.54) is 9.13 Å². The average Bonchev–Trinajstić information content (AvgIpc) is 2.17. The van der Waals surface area contributed by atoms with Crippen LogP contribution in [-0.4, -0.2) is 18.8 Å². The van der Waals surface area contributed by atoms with Crippen molar-refractivity contribution in [3.63, 3.8) is 0 Å². The summed E-state index contributed by atoms with van der Waals surface area (Å²) in [6.45, 7) is 2.28. The van der Waals surface area contributed by atoms with Crippen molar-refractivity contribution in [1.29, 1.82) is 0 Å². The van der Waals surface area contributed by atoms with E-state index < -0.39 is 0 Å². The predicted octanol–water partition coefficient (Wildman–Crippen LogP) is 2.53. The van der Waals surface area contributed by atoms with Crippen molar-refractivity contribution in [2.24, 2.45) is 0 Å². The van der Waals surface area contributed by atoms with Gasteiger partial charge in [-0.05, 0) is 65.6 Å². The first-order chi connectivity index (χ1) is 6.69. The largest absolute Gasteiger partial charge is 0.496 e. The van der Waals surface area contributed by atoms with Crippen LogP contribution >= 0.6 is 22.6 Å². The second-order valence-electron chi connectivity index (χ2n) is 3.24. The first kappa shape index (κ1) is 11.8. The van der Waals surface area contributed by atoms with E-state index in [4.69, 9.17) is 9.84 Å². The number of aliphatic hydroxyl groups excluding tert-OH is 1. The van der Waals surface area contributed by atoms with Gasteiger partial charge in [-0.25, -0.2) is 0 Å². The predicted molar refractivity (Wildman–Crippen MR) is 65.9 cm³/mol. The minimum Gasteiger partial charge on any atom is -0.496 e. The molecular weight excluding hydrogens is 291 g/mol. The van der Waals surface area contributed by atoms with Crippen LogP contribution in [0.15, 0.2) is 12.1 Å². The molecule has 0 aliphatic carbocycles. The minimum absolute atomic E-state index is 0.242. The van der Waals surface area contributed by atoms with Crippen molar-refractivity contribution in [2.75, 3.05) is 13.7 Å². The van der Waals surface area contributed by atoms with Crippen LogP contribution in [0.1, 0.15) is 17.5 Å². The summed E-state index contributed by atoms with van der Waals surface area (Å²) in [7, 11) is 1.69. The van der Waals surface area contributed by atoms with E-state index in [9.17, 15) is 0 Å². The van der Waals surface area contributed by atoms with E-state index in [-0.39, 0.29) is 6.61 Å². The third kappa shape index (κ3) is 2.85. The van der Waals surface area contributed by atoms with Gasteiger partial charge in [-0.2, -0.15) is 0 Å². The highest BCUT2D eigenvalue weighted by molar-refractivity contribution is 14.1. The van der Waals surface area contributed by atoms with Crippen LogP contribution in [0.2, 0.25) is 0 Å². The topological polar surface area (TPSA) is 29.5 Å². The van der Waals surface area contributed by atoms with Gasteiger partial charge in [0.15, 0.2) is 0 Å². The molecule has 14 heavy (non-hydrogen) atoms. The summed E-state index contributed by atoms with van der Waals surface area (Å²) in [5, 5.41) is 8.77. The molecule has 1 aromatic rings. The molecule has 0 amide bonds. The normalized spacial score (nSPS) is 10.3. The lowest BCUT2D eigenvalue weighted by Crippen LogP contribution is -1.96. The lowest BCUT2D eigenvalue weighted by atomic mass is 10.1. The van der Waals surface area contributed by atoms with E-state index in [0.29, 0.717) is 0 Å². The Labute approximate surface area is 98.4 Å². The average molecular weight is 306 g/mol. The maximum absolute atomic E-state index is 8.77. The van der Waals surface area contributed by atoms with Crippen molar-refractivity contribution in [3.8, 4) is 5.75 Å². The quantitative estimate of drug-likeness (QED) is 0.866. The Kier molecular flexibility index (Phi) is 4.68. The van der Waals surface area contributed by atoms with Gasteiger partial charge in [-0.15, -0.1) is 0 Å². The summed E-state index contributed by atoms with van der Waals surface area (Å²) in [5.74, 6) is 0.929. The van der Waals surface area contributed by atoms with Crippen molar-refractivity contribution in [3.05, 3.63) is 26.8 Å². The summed E-state index contributed by atoms with van der Waals surface area (Å²) in [5.41, 5.74) is 2.41. The van der Waals surface area contributed by atoms with Crippen LogP contribution in [0.25, 0.3) is 0 Å². The molecule has 0 aliphatic rings. The number of halogens is 1. The zero-order chi connectivity index (χ0) is 10.6. The number of ether oxygens (including phenoxy) is 1. The van der Waals surface area contributed by atoms with Gasteiger partial charge >= 0.3 is 0 Å². The van der Waals surface area contributed by atoms with Gasteiger partial charge in [0.2, 0.25) is 0 Å². The molecule has 1 aromatic carbocycles. The Bertz CT molecular complexity index is 310. The van der Waals surface area contributed by atoms with Crippen molar-refractivity contribution >= 4 is 22.6 Å². The molecule has 0 unspecified atom stereocenters. The minimum atomic E-state index is 0.242. The number of aliphatic hydroxyl groups is 1. The Balaban J connectivity index is 2.92. The molecule has 0 heterocycles. The highest BCUT2D eigenvalue weighted by atomic mass is 127. The maximum Gasteiger partial charge on any atom is 0.122 e. The SMILES string of the molecule is COc1cc(CCCO)c(I)cc1C. The first-order valence-electron chi connectivity index (χ1n) is 4.63. The first-order valence-corrected chi connectivity index (χ1v) is 5.70. The molecule has 0 radical (unpaired) electrons. The standard InChI is InChI=1S/C11H15IO2/c1-8-6-10(12)9(4-3-5-13)7-11(8)14-2/h6-7,13H,3-5H2,1-2H3. The fraction of sp³-hybridized carbons (Fsp3) is 0.455. The summed E-state index contributed by atoms with van der Waals surface area (Å²) < 4.78 is 6.50. The number of hydrogen-bond acceptors (Lipinski definition) is 2. The number of rotatable bonds is 4. The van der Waals surface area contributed by atoms with Crippen LogP contribution < -0.4 is 4.74 Å². The van der Waals surface area contributed by atoms with Crippen LogP contribution in [0, 0.1) is 10.5 Å². The molecule has 0 bridgehead atoms. The highest BCUT2D eigenvalue weighted by Gasteiger charge is 2.05. The molecule has 0 saturated carbocycles. The van der Waals surface area contributed by atoms with Crippen molar-refractivity contribution < 1.29 is 9.84 Å². The number of aryl methyl sites for hydroxylation is 2. The molecular formula is C11H15IO2. The van der Waals surface area contributed by atoms with E-state index in [0.717, 1.165) is 24.2 Å². The molecule has 0 atom stereocenters. The number of methoxy groups -OCH3 is 1. The Morgan fingerprint density at radius 3 is 2.71 bits per heavy atom. The van der Waals surface area contributed by atoms with Gasteiger partial charge in [-0.3, -0.25) is 0 Å². The molecule has 3 heteroatoms. The van der Waals surface area contributed by atoms with Gasteiger partial charge in [0.05, 0.1) is 7.11 Å². The molecule has 2 nitrogen and oxygen atoms in total. The Hall–Kier alpha value is -0.290. The van der Waals surface area contributed by atoms with Crippen LogP contribution in [0.4, 0.5) is 0 Å². The third-order valence-electron chi connectivity index (χ3n) is 2.17. The number of benzene rings is 1. The number of hydrogen-bond donors (Lipinski definition) is 1. The highest BCUT2D eigenvalue weighted by Crippen LogP contribution is 2.24. The van der Waals surface area contributed by atoms with Gasteiger partial charge in [0.1, 0.15) is 5.75 Å². The third-order valence-corrected chi connectivity index (χ3v) is 3.17. The summed E-state index contributed by atoms with van der Waals surface area (Å²) in [6, 6.07) is 4.18. The van der Waals surface area contributed by atoms with E-state index in [2.05, 4.69) is 34.7 Å². The summed E-state index contributed by atoms with van der Waals surface area (Å²) in [6.07, 6.45) is 1.72. The fourth-order valence-electron chi connectivity index (χ4n) is 1.38. The molecule has 0 aromatic heterocycles. The van der Waals surface area contributed by atoms with E-state index in [1.54, 1.807) is 7.11 Å². The molecule has 78 valence electrons. The van der Waals surface area contributed by atoms with Crippen LogP contribution in [0.5, 0.6) is 5.75 Å². The van der Waals surface area contributed by atoms with E-state index in [1.807, 2.05) is 6.92 Å². The second kappa shape index (κ2) is 5.56. The fourth-order valence-corrected chi connectivity index (χ4v) is 2.27. The molecule has 0 spiro atoms. The van der Waals surface area contributed by atoms with Gasteiger partial charge < -0.3 is 9.84 Å². The lowest BCUT2D eigenvalue weighted by molar-refractivity contribution is 0.288. The molecule has 1 N–H and O–H groups in total. The lowest BCUT2D eigenvalue weighted by Gasteiger charge is -2.09. The van der Waals surface area contributed by atoms with Crippen molar-refractivity contribution in [2.45, 2.75) is 19.8 Å². The van der Waals surface area contributed by atoms with Crippen LogP contribution in [0.3, 0.4) is 0 Å². The van der Waals surface area contributed by atoms with Crippen LogP contribution in [-0.2, 0) is 6.42 Å². The zero-order valence-corrected chi connectivity index (χ0v) is 10.7. The second-order valence-corrected chi connectivity index (χ2v) is 4.40. The monoisotopic (exact) mass is 306 g/mol. The van der Waals surface area contributed by atoms with Gasteiger partial charge in [0.25, 0.3) is 0 Å². The van der Waals surface area contributed by atoms with E-state index >= 15 is 0 Å². The van der Waals surface area contributed by atoms with Gasteiger partial charge in [-0.1, -0.05) is 0 Å². The zero-order valence-electron chi connectivity index (χ0n) is 8.51.